The van der Waals surface area contributed by atoms with E-state index >= 15 is 0 Å². The second kappa shape index (κ2) is 6.99. The standard InChI is InChI=1S/C7H18N2O/c1-7(3-6-10-2)9-5-4-8/h7,9H,3-6,8H2,1-2H3. The molecule has 0 amide bonds. The van der Waals surface area contributed by atoms with Gasteiger partial charge in [0.15, 0.2) is 0 Å². The predicted octanol–water partition coefficient (Wildman–Crippen LogP) is -0.0403. The van der Waals surface area contributed by atoms with E-state index in [2.05, 4.69) is 12.2 Å². The summed E-state index contributed by atoms with van der Waals surface area (Å²) in [7, 11) is 1.72. The molecule has 10 heavy (non-hydrogen) atoms. The summed E-state index contributed by atoms with van der Waals surface area (Å²) in [5.74, 6) is 0. The van der Waals surface area contributed by atoms with Crippen LogP contribution in [0.15, 0.2) is 0 Å². The zero-order chi connectivity index (χ0) is 7.82. The summed E-state index contributed by atoms with van der Waals surface area (Å²) in [6.45, 7) is 4.55. The average Bonchev–Trinajstić information content (AvgIpc) is 1.97. The summed E-state index contributed by atoms with van der Waals surface area (Å²) in [5, 5.41) is 3.26. The third-order valence-electron chi connectivity index (χ3n) is 1.39. The monoisotopic (exact) mass is 146 g/mol. The van der Waals surface area contributed by atoms with Gasteiger partial charge in [0, 0.05) is 32.8 Å². The Balaban J connectivity index is 3.00. The molecule has 3 N–H and O–H groups in total. The molecule has 0 saturated heterocycles. The van der Waals surface area contributed by atoms with Gasteiger partial charge in [-0.05, 0) is 13.3 Å². The van der Waals surface area contributed by atoms with Gasteiger partial charge in [-0.2, -0.15) is 0 Å². The van der Waals surface area contributed by atoms with Crippen LogP contribution in [-0.4, -0.2) is 32.8 Å². The van der Waals surface area contributed by atoms with Crippen LogP contribution in [0, 0.1) is 0 Å². The Hall–Kier alpha value is -0.120. The second-order valence-corrected chi connectivity index (χ2v) is 2.43. The average molecular weight is 146 g/mol. The molecule has 3 heteroatoms. The molecule has 1 unspecified atom stereocenters. The Morgan fingerprint density at radius 1 is 1.60 bits per heavy atom. The molecule has 0 aliphatic rings. The van der Waals surface area contributed by atoms with Crippen LogP contribution < -0.4 is 11.1 Å². The van der Waals surface area contributed by atoms with E-state index in [1.807, 2.05) is 0 Å². The molecular formula is C7H18N2O. The molecule has 0 bridgehead atoms. The van der Waals surface area contributed by atoms with Crippen molar-refractivity contribution >= 4 is 0 Å². The van der Waals surface area contributed by atoms with Crippen molar-refractivity contribution in [3.05, 3.63) is 0 Å². The fraction of sp³-hybridized carbons (Fsp3) is 1.00. The lowest BCUT2D eigenvalue weighted by molar-refractivity contribution is 0.185. The third-order valence-corrected chi connectivity index (χ3v) is 1.39. The molecule has 62 valence electrons. The number of hydrogen-bond donors (Lipinski definition) is 2. The molecule has 0 aliphatic heterocycles. The Morgan fingerprint density at radius 3 is 2.80 bits per heavy atom. The van der Waals surface area contributed by atoms with Gasteiger partial charge >= 0.3 is 0 Å². The zero-order valence-corrected chi connectivity index (χ0v) is 6.89. The van der Waals surface area contributed by atoms with E-state index in [1.165, 1.54) is 0 Å². The Bertz CT molecular complexity index is 60.6. The maximum absolute atomic E-state index is 5.31. The highest BCUT2D eigenvalue weighted by Crippen LogP contribution is 1.88. The van der Waals surface area contributed by atoms with Gasteiger partial charge in [0.25, 0.3) is 0 Å². The van der Waals surface area contributed by atoms with Crippen LogP contribution in [0.1, 0.15) is 13.3 Å². The van der Waals surface area contributed by atoms with E-state index in [1.54, 1.807) is 7.11 Å². The fourth-order valence-electron chi connectivity index (χ4n) is 0.726. The Kier molecular flexibility index (Phi) is 6.91. The largest absolute Gasteiger partial charge is 0.385 e. The second-order valence-electron chi connectivity index (χ2n) is 2.43. The highest BCUT2D eigenvalue weighted by Gasteiger charge is 1.97. The maximum Gasteiger partial charge on any atom is 0.0476 e. The number of hydrogen-bond acceptors (Lipinski definition) is 3. The fourth-order valence-corrected chi connectivity index (χ4v) is 0.726. The lowest BCUT2D eigenvalue weighted by Gasteiger charge is -2.11. The summed E-state index contributed by atoms with van der Waals surface area (Å²) >= 11 is 0. The maximum atomic E-state index is 5.31. The minimum absolute atomic E-state index is 0.517. The molecular weight excluding hydrogens is 128 g/mol. The van der Waals surface area contributed by atoms with E-state index in [-0.39, 0.29) is 0 Å². The van der Waals surface area contributed by atoms with Gasteiger partial charge in [-0.15, -0.1) is 0 Å². The molecule has 0 spiro atoms. The highest BCUT2D eigenvalue weighted by atomic mass is 16.5. The van der Waals surface area contributed by atoms with Crippen molar-refractivity contribution in [2.24, 2.45) is 5.73 Å². The van der Waals surface area contributed by atoms with Crippen molar-refractivity contribution in [2.75, 3.05) is 26.8 Å². The van der Waals surface area contributed by atoms with Crippen LogP contribution >= 0.6 is 0 Å². The third kappa shape index (κ3) is 6.01. The molecule has 0 aromatic heterocycles. The molecule has 1 atom stereocenters. The van der Waals surface area contributed by atoms with Gasteiger partial charge in [0.1, 0.15) is 0 Å². The van der Waals surface area contributed by atoms with Crippen molar-refractivity contribution in [3.8, 4) is 0 Å². The van der Waals surface area contributed by atoms with Gasteiger partial charge in [-0.25, -0.2) is 0 Å². The van der Waals surface area contributed by atoms with Gasteiger partial charge in [-0.3, -0.25) is 0 Å². The number of nitrogens with two attached hydrogens (primary N) is 1. The van der Waals surface area contributed by atoms with Gasteiger partial charge in [0.05, 0.1) is 0 Å². The Morgan fingerprint density at radius 2 is 2.30 bits per heavy atom. The smallest absolute Gasteiger partial charge is 0.0476 e. The first-order valence-electron chi connectivity index (χ1n) is 3.73. The number of ether oxygens (including phenoxy) is 1. The van der Waals surface area contributed by atoms with Crippen LogP contribution in [0.3, 0.4) is 0 Å². The number of nitrogens with one attached hydrogen (secondary N) is 1. The van der Waals surface area contributed by atoms with E-state index < -0.39 is 0 Å². The summed E-state index contributed by atoms with van der Waals surface area (Å²) in [6, 6.07) is 0.517. The molecule has 0 fully saturated rings. The summed E-state index contributed by atoms with van der Waals surface area (Å²) in [6.07, 6.45) is 1.05. The summed E-state index contributed by atoms with van der Waals surface area (Å²) in [4.78, 5) is 0. The minimum atomic E-state index is 0.517. The molecule has 0 aliphatic carbocycles. The zero-order valence-electron chi connectivity index (χ0n) is 6.89. The van der Waals surface area contributed by atoms with Crippen molar-refractivity contribution in [2.45, 2.75) is 19.4 Å². The Labute approximate surface area is 62.9 Å². The van der Waals surface area contributed by atoms with Crippen LogP contribution in [0.4, 0.5) is 0 Å². The first-order valence-corrected chi connectivity index (χ1v) is 3.73. The molecule has 0 rings (SSSR count). The molecule has 3 nitrogen and oxygen atoms in total. The van der Waals surface area contributed by atoms with E-state index in [0.717, 1.165) is 19.6 Å². The SMILES string of the molecule is COCCC(C)NCCN. The first-order chi connectivity index (χ1) is 4.81. The number of methoxy groups -OCH3 is 1. The minimum Gasteiger partial charge on any atom is -0.385 e. The number of rotatable bonds is 6. The van der Waals surface area contributed by atoms with Crippen LogP contribution in [0.25, 0.3) is 0 Å². The molecule has 0 aromatic carbocycles. The van der Waals surface area contributed by atoms with Crippen molar-refractivity contribution < 1.29 is 4.74 Å². The van der Waals surface area contributed by atoms with E-state index in [0.29, 0.717) is 12.6 Å². The molecule has 0 aromatic rings. The lowest BCUT2D eigenvalue weighted by atomic mass is 10.2. The quantitative estimate of drug-likeness (QED) is 0.553. The van der Waals surface area contributed by atoms with Crippen molar-refractivity contribution in [1.82, 2.24) is 5.32 Å². The summed E-state index contributed by atoms with van der Waals surface area (Å²) < 4.78 is 4.92. The molecule has 0 heterocycles. The van der Waals surface area contributed by atoms with Gasteiger partial charge in [-0.1, -0.05) is 0 Å². The predicted molar refractivity (Wildman–Crippen MR) is 43.0 cm³/mol. The lowest BCUT2D eigenvalue weighted by Crippen LogP contribution is -2.31. The van der Waals surface area contributed by atoms with Crippen LogP contribution in [0.2, 0.25) is 0 Å². The molecule has 0 saturated carbocycles. The first kappa shape index (κ1) is 9.88. The van der Waals surface area contributed by atoms with E-state index in [4.69, 9.17) is 10.5 Å². The van der Waals surface area contributed by atoms with E-state index in [9.17, 15) is 0 Å². The topological polar surface area (TPSA) is 47.3 Å². The molecule has 0 radical (unpaired) electrons. The highest BCUT2D eigenvalue weighted by molar-refractivity contribution is 4.59. The van der Waals surface area contributed by atoms with Crippen molar-refractivity contribution in [3.63, 3.8) is 0 Å². The van der Waals surface area contributed by atoms with Gasteiger partial charge in [0.2, 0.25) is 0 Å². The normalized spacial score (nSPS) is 13.5. The summed E-state index contributed by atoms with van der Waals surface area (Å²) in [5.41, 5.74) is 5.31. The van der Waals surface area contributed by atoms with Crippen LogP contribution in [0.5, 0.6) is 0 Å². The van der Waals surface area contributed by atoms with Crippen molar-refractivity contribution in [1.29, 1.82) is 0 Å². The van der Waals surface area contributed by atoms with Gasteiger partial charge < -0.3 is 15.8 Å². The van der Waals surface area contributed by atoms with Crippen LogP contribution in [-0.2, 0) is 4.74 Å².